The maximum Gasteiger partial charge on any atom is 0.198 e. The number of nitrogens with zero attached hydrogens (tertiary/aromatic N) is 1. The van der Waals surface area contributed by atoms with E-state index in [2.05, 4.69) is 0 Å². The van der Waals surface area contributed by atoms with E-state index in [4.69, 9.17) is 0 Å². The minimum Gasteiger partial charge on any atom is -0.507 e. The first-order valence-corrected chi connectivity index (χ1v) is 6.82. The maximum atomic E-state index is 12.6. The second-order valence-electron chi connectivity index (χ2n) is 5.60. The van der Waals surface area contributed by atoms with Crippen LogP contribution in [0, 0.1) is 0 Å². The molecule has 22 heavy (non-hydrogen) atoms. The van der Waals surface area contributed by atoms with E-state index in [1.54, 1.807) is 43.3 Å². The average Bonchev–Trinajstić information content (AvgIpc) is 2.47. The van der Waals surface area contributed by atoms with Gasteiger partial charge in [-0.1, -0.05) is 24.3 Å². The number of hydrogen-bond donors (Lipinski definition) is 2. The number of benzene rings is 2. The van der Waals surface area contributed by atoms with Gasteiger partial charge in [-0.05, 0) is 20.2 Å². The summed E-state index contributed by atoms with van der Waals surface area (Å²) in [6, 6.07) is 7.76. The molecule has 5 nitrogen and oxygen atoms in total. The highest BCUT2D eigenvalue weighted by molar-refractivity contribution is 6.30. The van der Waals surface area contributed by atoms with E-state index in [9.17, 15) is 19.8 Å². The zero-order valence-corrected chi connectivity index (χ0v) is 12.3. The van der Waals surface area contributed by atoms with E-state index in [1.165, 1.54) is 6.07 Å². The Morgan fingerprint density at radius 1 is 0.955 bits per heavy atom. The maximum absolute atomic E-state index is 12.6. The summed E-state index contributed by atoms with van der Waals surface area (Å²) in [4.78, 5) is 26.9. The highest BCUT2D eigenvalue weighted by Gasteiger charge is 2.35. The summed E-state index contributed by atoms with van der Waals surface area (Å²) in [5.41, 5.74) is 0.665. The van der Waals surface area contributed by atoms with E-state index in [0.717, 1.165) is 0 Å². The number of rotatable bonds is 2. The average molecular weight is 297 g/mol. The van der Waals surface area contributed by atoms with Crippen molar-refractivity contribution < 1.29 is 19.8 Å². The molecule has 2 aromatic carbocycles. The quantitative estimate of drug-likeness (QED) is 0.707. The highest BCUT2D eigenvalue weighted by atomic mass is 16.3. The van der Waals surface area contributed by atoms with Crippen LogP contribution in [0.2, 0.25) is 0 Å². The molecule has 1 aliphatic rings. The lowest BCUT2D eigenvalue weighted by atomic mass is 9.82. The van der Waals surface area contributed by atoms with Crippen molar-refractivity contribution in [1.82, 2.24) is 4.90 Å². The number of aromatic hydroxyl groups is 2. The van der Waals surface area contributed by atoms with E-state index < -0.39 is 11.6 Å². The number of phenols is 2. The van der Waals surface area contributed by atoms with Gasteiger partial charge in [0.05, 0.1) is 11.1 Å². The van der Waals surface area contributed by atoms with Gasteiger partial charge in [-0.3, -0.25) is 9.59 Å². The second-order valence-corrected chi connectivity index (χ2v) is 5.60. The Labute approximate surface area is 127 Å². The molecule has 0 saturated carbocycles. The first kappa shape index (κ1) is 14.3. The minimum absolute atomic E-state index is 0.111. The lowest BCUT2D eigenvalue weighted by Gasteiger charge is -2.22. The predicted molar refractivity (Wildman–Crippen MR) is 80.5 cm³/mol. The Bertz CT molecular complexity index is 809. The van der Waals surface area contributed by atoms with E-state index in [0.29, 0.717) is 12.1 Å². The molecule has 0 saturated heterocycles. The number of phenolic OH excluding ortho intramolecular Hbond substituents is 2. The Morgan fingerprint density at radius 2 is 1.50 bits per heavy atom. The fourth-order valence-electron chi connectivity index (χ4n) is 2.77. The van der Waals surface area contributed by atoms with Crippen LogP contribution in [0.3, 0.4) is 0 Å². The second kappa shape index (κ2) is 4.96. The fourth-order valence-corrected chi connectivity index (χ4v) is 2.77. The normalized spacial score (nSPS) is 13.2. The summed E-state index contributed by atoms with van der Waals surface area (Å²) in [5, 5.41) is 20.6. The number of ketones is 2. The minimum atomic E-state index is -0.450. The van der Waals surface area contributed by atoms with Crippen molar-refractivity contribution >= 4 is 11.6 Å². The molecule has 2 N–H and O–H groups in total. The van der Waals surface area contributed by atoms with Gasteiger partial charge >= 0.3 is 0 Å². The van der Waals surface area contributed by atoms with Crippen molar-refractivity contribution in [2.75, 3.05) is 14.1 Å². The van der Waals surface area contributed by atoms with Gasteiger partial charge in [0.15, 0.2) is 11.6 Å². The molecule has 112 valence electrons. The highest BCUT2D eigenvalue weighted by Crippen LogP contribution is 2.40. The van der Waals surface area contributed by atoms with Crippen molar-refractivity contribution in [2.24, 2.45) is 0 Å². The van der Waals surface area contributed by atoms with Gasteiger partial charge in [-0.25, -0.2) is 0 Å². The van der Waals surface area contributed by atoms with Crippen LogP contribution in [0.4, 0.5) is 0 Å². The number of carbonyl (C=O) groups is 2. The first-order valence-electron chi connectivity index (χ1n) is 6.82. The SMILES string of the molecule is CN(C)Cc1cc(O)c2c(c1O)C(=O)c1ccccc1C2=O. The molecule has 3 rings (SSSR count). The van der Waals surface area contributed by atoms with Crippen molar-refractivity contribution in [3.05, 3.63) is 58.1 Å². The van der Waals surface area contributed by atoms with Crippen LogP contribution in [-0.2, 0) is 6.54 Å². The monoisotopic (exact) mass is 297 g/mol. The standard InChI is InChI=1S/C17H15NO4/c1-18(2)8-9-7-12(19)13-14(15(9)20)17(22)11-6-4-3-5-10(11)16(13)21/h3-7,19-20H,8H2,1-2H3. The van der Waals surface area contributed by atoms with Crippen LogP contribution in [0.1, 0.15) is 37.4 Å². The molecule has 5 heteroatoms. The van der Waals surface area contributed by atoms with Crippen LogP contribution in [-0.4, -0.2) is 40.8 Å². The van der Waals surface area contributed by atoms with Gasteiger partial charge in [0.2, 0.25) is 0 Å². The topological polar surface area (TPSA) is 77.8 Å². The molecule has 0 heterocycles. The molecule has 0 bridgehead atoms. The molecule has 0 radical (unpaired) electrons. The van der Waals surface area contributed by atoms with Gasteiger partial charge in [-0.15, -0.1) is 0 Å². The Kier molecular flexibility index (Phi) is 3.22. The summed E-state index contributed by atoms with van der Waals surface area (Å²) in [6.07, 6.45) is 0. The van der Waals surface area contributed by atoms with Gasteiger partial charge in [0, 0.05) is 23.2 Å². The molecule has 0 unspecified atom stereocenters. The Hall–Kier alpha value is -2.66. The summed E-state index contributed by atoms with van der Waals surface area (Å²) in [6.45, 7) is 0.343. The zero-order valence-electron chi connectivity index (χ0n) is 12.3. The smallest absolute Gasteiger partial charge is 0.198 e. The fraction of sp³-hybridized carbons (Fsp3) is 0.176. The van der Waals surface area contributed by atoms with Crippen molar-refractivity contribution in [3.8, 4) is 11.5 Å². The third kappa shape index (κ3) is 1.98. The zero-order chi connectivity index (χ0) is 16.0. The molecule has 0 atom stereocenters. The van der Waals surface area contributed by atoms with Crippen LogP contribution in [0.15, 0.2) is 30.3 Å². The lowest BCUT2D eigenvalue weighted by Crippen LogP contribution is -2.22. The van der Waals surface area contributed by atoms with E-state index in [1.807, 2.05) is 0 Å². The van der Waals surface area contributed by atoms with E-state index in [-0.39, 0.29) is 33.8 Å². The molecular weight excluding hydrogens is 282 g/mol. The third-order valence-electron chi connectivity index (χ3n) is 3.72. The summed E-state index contributed by atoms with van der Waals surface area (Å²) < 4.78 is 0. The summed E-state index contributed by atoms with van der Waals surface area (Å²) in [7, 11) is 3.61. The van der Waals surface area contributed by atoms with Crippen LogP contribution in [0.5, 0.6) is 11.5 Å². The molecule has 0 aliphatic heterocycles. The predicted octanol–water partition coefficient (Wildman–Crippen LogP) is 1.93. The van der Waals surface area contributed by atoms with Crippen LogP contribution >= 0.6 is 0 Å². The molecule has 0 aromatic heterocycles. The van der Waals surface area contributed by atoms with Crippen molar-refractivity contribution in [1.29, 1.82) is 0 Å². The van der Waals surface area contributed by atoms with Crippen molar-refractivity contribution in [3.63, 3.8) is 0 Å². The van der Waals surface area contributed by atoms with Gasteiger partial charge in [0.1, 0.15) is 11.5 Å². The summed E-state index contributed by atoms with van der Waals surface area (Å²) >= 11 is 0. The van der Waals surface area contributed by atoms with Crippen LogP contribution in [0.25, 0.3) is 0 Å². The molecular formula is C17H15NO4. The largest absolute Gasteiger partial charge is 0.507 e. The van der Waals surface area contributed by atoms with Gasteiger partial charge < -0.3 is 15.1 Å². The van der Waals surface area contributed by atoms with Gasteiger partial charge in [0.25, 0.3) is 0 Å². The molecule has 1 aliphatic carbocycles. The number of fused-ring (bicyclic) bond motifs is 2. The van der Waals surface area contributed by atoms with Crippen LogP contribution < -0.4 is 0 Å². The lowest BCUT2D eigenvalue weighted by molar-refractivity contribution is 0.0974. The molecule has 0 fully saturated rings. The number of hydrogen-bond acceptors (Lipinski definition) is 5. The first-order chi connectivity index (χ1) is 10.4. The third-order valence-corrected chi connectivity index (χ3v) is 3.72. The number of carbonyl (C=O) groups excluding carboxylic acids is 2. The molecule has 0 amide bonds. The molecule has 0 spiro atoms. The molecule has 2 aromatic rings. The van der Waals surface area contributed by atoms with Gasteiger partial charge in [-0.2, -0.15) is 0 Å². The Morgan fingerprint density at radius 3 is 2.05 bits per heavy atom. The summed E-state index contributed by atoms with van der Waals surface area (Å²) in [5.74, 6) is -1.42. The Balaban J connectivity index is 2.29. The van der Waals surface area contributed by atoms with E-state index >= 15 is 0 Å². The van der Waals surface area contributed by atoms with Crippen molar-refractivity contribution in [2.45, 2.75) is 6.54 Å².